The van der Waals surface area contributed by atoms with Crippen LogP contribution in [0.15, 0.2) is 33.6 Å². The van der Waals surface area contributed by atoms with Gasteiger partial charge in [-0.2, -0.15) is 0 Å². The van der Waals surface area contributed by atoms with Crippen LogP contribution in [-0.4, -0.2) is 17.0 Å². The minimum Gasteiger partial charge on any atom is -0.372 e. The lowest BCUT2D eigenvalue weighted by molar-refractivity contribution is 0.847. The van der Waals surface area contributed by atoms with Gasteiger partial charge in [-0.25, -0.2) is 9.97 Å². The zero-order chi connectivity index (χ0) is 15.2. The zero-order valence-corrected chi connectivity index (χ0v) is 15.1. The summed E-state index contributed by atoms with van der Waals surface area (Å²) < 4.78 is 0.965. The van der Waals surface area contributed by atoms with Gasteiger partial charge in [0.1, 0.15) is 11.6 Å². The van der Waals surface area contributed by atoms with Gasteiger partial charge in [0.05, 0.1) is 15.9 Å². The van der Waals surface area contributed by atoms with E-state index < -0.39 is 0 Å². The predicted molar refractivity (Wildman–Crippen MR) is 94.3 cm³/mol. The van der Waals surface area contributed by atoms with Crippen LogP contribution in [0.4, 0.5) is 5.82 Å². The largest absolute Gasteiger partial charge is 0.372 e. The van der Waals surface area contributed by atoms with Crippen molar-refractivity contribution in [1.82, 2.24) is 9.97 Å². The topological polar surface area (TPSA) is 37.8 Å². The Morgan fingerprint density at radius 1 is 1.24 bits per heavy atom. The summed E-state index contributed by atoms with van der Waals surface area (Å²) in [6.07, 6.45) is 2.00. The minimum absolute atomic E-state index is 0.736. The molecule has 112 valence electrons. The van der Waals surface area contributed by atoms with Gasteiger partial charge in [0.15, 0.2) is 0 Å². The van der Waals surface area contributed by atoms with Crippen LogP contribution in [0, 0.1) is 0 Å². The molecule has 0 bridgehead atoms. The first kappa shape index (κ1) is 16.6. The molecule has 1 N–H and O–H groups in total. The van der Waals surface area contributed by atoms with E-state index in [1.807, 2.05) is 31.3 Å². The number of benzene rings is 1. The molecule has 6 heteroatoms. The molecule has 21 heavy (non-hydrogen) atoms. The Labute approximate surface area is 143 Å². The lowest BCUT2D eigenvalue weighted by atomic mass is 10.2. The summed E-state index contributed by atoms with van der Waals surface area (Å²) in [6.45, 7) is 2.15. The number of hydrogen-bond donors (Lipinski definition) is 1. The SMILES string of the molecule is CCCc1nc(CSc2ccc(Cl)cc2)nc(NC)c1Br. The first-order valence-electron chi connectivity index (χ1n) is 6.75. The quantitative estimate of drug-likeness (QED) is 0.694. The number of aromatic nitrogens is 2. The summed E-state index contributed by atoms with van der Waals surface area (Å²) in [5.74, 6) is 2.42. The van der Waals surface area contributed by atoms with Crippen LogP contribution in [0.25, 0.3) is 0 Å². The Morgan fingerprint density at radius 3 is 2.57 bits per heavy atom. The Morgan fingerprint density at radius 2 is 1.95 bits per heavy atom. The molecule has 0 aliphatic heterocycles. The molecule has 0 unspecified atom stereocenters. The van der Waals surface area contributed by atoms with Crippen molar-refractivity contribution in [3.63, 3.8) is 0 Å². The Balaban J connectivity index is 2.15. The maximum absolute atomic E-state index is 5.89. The highest BCUT2D eigenvalue weighted by Crippen LogP contribution is 2.27. The van der Waals surface area contributed by atoms with Crippen molar-refractivity contribution >= 4 is 45.1 Å². The summed E-state index contributed by atoms with van der Waals surface area (Å²) in [4.78, 5) is 10.4. The van der Waals surface area contributed by atoms with E-state index in [4.69, 9.17) is 11.6 Å². The van der Waals surface area contributed by atoms with E-state index in [9.17, 15) is 0 Å². The third-order valence-electron chi connectivity index (χ3n) is 2.87. The van der Waals surface area contributed by atoms with Crippen LogP contribution in [0.2, 0.25) is 5.02 Å². The van der Waals surface area contributed by atoms with Crippen LogP contribution < -0.4 is 5.32 Å². The summed E-state index contributed by atoms with van der Waals surface area (Å²) in [6, 6.07) is 7.82. The molecule has 1 aromatic carbocycles. The van der Waals surface area contributed by atoms with Gasteiger partial charge in [-0.15, -0.1) is 11.8 Å². The molecule has 0 aliphatic carbocycles. The van der Waals surface area contributed by atoms with E-state index in [0.29, 0.717) is 0 Å². The molecule has 0 saturated carbocycles. The van der Waals surface area contributed by atoms with Crippen molar-refractivity contribution in [3.05, 3.63) is 45.3 Å². The number of halogens is 2. The van der Waals surface area contributed by atoms with Gasteiger partial charge in [0.25, 0.3) is 0 Å². The zero-order valence-electron chi connectivity index (χ0n) is 12.0. The van der Waals surface area contributed by atoms with E-state index in [1.54, 1.807) is 11.8 Å². The lowest BCUT2D eigenvalue weighted by Gasteiger charge is -2.10. The summed E-state index contributed by atoms with van der Waals surface area (Å²) >= 11 is 11.2. The van der Waals surface area contributed by atoms with Crippen LogP contribution >= 0.6 is 39.3 Å². The van der Waals surface area contributed by atoms with Crippen LogP contribution in [0.5, 0.6) is 0 Å². The van der Waals surface area contributed by atoms with Crippen LogP contribution in [-0.2, 0) is 12.2 Å². The van der Waals surface area contributed by atoms with Gasteiger partial charge in [-0.3, -0.25) is 0 Å². The first-order valence-corrected chi connectivity index (χ1v) is 8.91. The normalized spacial score (nSPS) is 10.7. The van der Waals surface area contributed by atoms with E-state index in [2.05, 4.69) is 38.1 Å². The van der Waals surface area contributed by atoms with Gasteiger partial charge in [-0.05, 0) is 46.6 Å². The van der Waals surface area contributed by atoms with Crippen molar-refractivity contribution in [2.24, 2.45) is 0 Å². The van der Waals surface area contributed by atoms with Crippen LogP contribution in [0.1, 0.15) is 24.9 Å². The number of hydrogen-bond acceptors (Lipinski definition) is 4. The molecule has 0 radical (unpaired) electrons. The number of rotatable bonds is 6. The third kappa shape index (κ3) is 4.59. The fourth-order valence-electron chi connectivity index (χ4n) is 1.86. The minimum atomic E-state index is 0.736. The molecule has 3 nitrogen and oxygen atoms in total. The van der Waals surface area contributed by atoms with Crippen molar-refractivity contribution < 1.29 is 0 Å². The summed E-state index contributed by atoms with van der Waals surface area (Å²) in [5.41, 5.74) is 1.06. The second-order valence-corrected chi connectivity index (χ2v) is 6.77. The smallest absolute Gasteiger partial charge is 0.144 e. The average molecular weight is 387 g/mol. The number of nitrogens with zero attached hydrogens (tertiary/aromatic N) is 2. The van der Waals surface area contributed by atoms with Crippen molar-refractivity contribution in [3.8, 4) is 0 Å². The lowest BCUT2D eigenvalue weighted by Crippen LogP contribution is -2.05. The van der Waals surface area contributed by atoms with Gasteiger partial charge < -0.3 is 5.32 Å². The molecule has 1 aromatic heterocycles. The second-order valence-electron chi connectivity index (χ2n) is 4.49. The maximum Gasteiger partial charge on any atom is 0.144 e. The summed E-state index contributed by atoms with van der Waals surface area (Å²) in [5, 5.41) is 3.87. The van der Waals surface area contributed by atoms with Crippen LogP contribution in [0.3, 0.4) is 0 Å². The number of thioether (sulfide) groups is 1. The van der Waals surface area contributed by atoms with E-state index >= 15 is 0 Å². The highest BCUT2D eigenvalue weighted by molar-refractivity contribution is 9.10. The Bertz CT molecular complexity index is 605. The third-order valence-corrected chi connectivity index (χ3v) is 4.96. The molecule has 0 saturated heterocycles. The number of aryl methyl sites for hydroxylation is 1. The van der Waals surface area contributed by atoms with Gasteiger partial charge in [0, 0.05) is 17.0 Å². The molecule has 0 spiro atoms. The number of nitrogens with one attached hydrogen (secondary N) is 1. The molecule has 0 fully saturated rings. The van der Waals surface area contributed by atoms with Gasteiger partial charge in [-0.1, -0.05) is 24.9 Å². The fourth-order valence-corrected chi connectivity index (χ4v) is 3.31. The molecule has 1 heterocycles. The molecular formula is C15H17BrClN3S. The molecule has 2 aromatic rings. The Hall–Kier alpha value is -0.780. The molecular weight excluding hydrogens is 370 g/mol. The summed E-state index contributed by atoms with van der Waals surface area (Å²) in [7, 11) is 1.87. The number of anilines is 1. The van der Waals surface area contributed by atoms with E-state index in [0.717, 1.165) is 50.3 Å². The highest BCUT2D eigenvalue weighted by atomic mass is 79.9. The van der Waals surface area contributed by atoms with Crippen molar-refractivity contribution in [1.29, 1.82) is 0 Å². The first-order chi connectivity index (χ1) is 10.1. The molecule has 0 amide bonds. The van der Waals surface area contributed by atoms with Crippen molar-refractivity contribution in [2.45, 2.75) is 30.4 Å². The monoisotopic (exact) mass is 385 g/mol. The van der Waals surface area contributed by atoms with Gasteiger partial charge >= 0.3 is 0 Å². The van der Waals surface area contributed by atoms with Gasteiger partial charge in [0.2, 0.25) is 0 Å². The molecule has 0 aliphatic rings. The van der Waals surface area contributed by atoms with E-state index in [1.165, 1.54) is 0 Å². The highest BCUT2D eigenvalue weighted by Gasteiger charge is 2.11. The molecule has 0 atom stereocenters. The second kappa shape index (κ2) is 8.01. The molecule has 2 rings (SSSR count). The standard InChI is InChI=1S/C15H17BrClN3S/c1-3-4-12-14(16)15(18-2)20-13(19-12)9-21-11-7-5-10(17)6-8-11/h5-8H,3-4,9H2,1-2H3,(H,18,19,20). The predicted octanol–water partition coefficient (Wildman–Crippen LogP) is 5.18. The Kier molecular flexibility index (Phi) is 6.33. The average Bonchev–Trinajstić information content (AvgIpc) is 2.49. The fraction of sp³-hybridized carbons (Fsp3) is 0.333. The van der Waals surface area contributed by atoms with Crippen molar-refractivity contribution in [2.75, 3.05) is 12.4 Å². The maximum atomic E-state index is 5.89. The van der Waals surface area contributed by atoms with E-state index in [-0.39, 0.29) is 0 Å².